The van der Waals surface area contributed by atoms with Gasteiger partial charge in [-0.3, -0.25) is 18.7 Å². The highest BCUT2D eigenvalue weighted by molar-refractivity contribution is 9.10. The molecule has 0 aliphatic heterocycles. The molecule has 0 spiro atoms. The highest BCUT2D eigenvalue weighted by Gasteiger charge is 2.33. The van der Waals surface area contributed by atoms with Crippen LogP contribution in [0.5, 0.6) is 0 Å². The van der Waals surface area contributed by atoms with E-state index in [-0.39, 0.29) is 30.3 Å². The van der Waals surface area contributed by atoms with Crippen LogP contribution in [0.15, 0.2) is 83.3 Å². The van der Waals surface area contributed by atoms with Crippen molar-refractivity contribution >= 4 is 49.2 Å². The maximum atomic E-state index is 14.1. The van der Waals surface area contributed by atoms with E-state index in [1.807, 2.05) is 61.5 Å². The Labute approximate surface area is 250 Å². The first kappa shape index (κ1) is 32.0. The second kappa shape index (κ2) is 14.9. The molecule has 2 amide bonds. The van der Waals surface area contributed by atoms with Gasteiger partial charge in [0, 0.05) is 29.5 Å². The summed E-state index contributed by atoms with van der Waals surface area (Å²) in [5, 5.41) is 2.96. The SMILES string of the molecule is CCCCNC(=O)C(Cc1ccccc1)N(Cc1cccc(Br)c1)C(=O)CN(c1cccc(C(C)=O)c1)S(C)(=O)=O. The lowest BCUT2D eigenvalue weighted by molar-refractivity contribution is -0.140. The normalized spacial score (nSPS) is 11.9. The third kappa shape index (κ3) is 9.54. The summed E-state index contributed by atoms with van der Waals surface area (Å²) < 4.78 is 27.6. The predicted molar refractivity (Wildman–Crippen MR) is 165 cm³/mol. The number of Topliss-reactive ketones (excluding diaryl/α,β-unsaturated/α-hetero) is 1. The second-order valence-corrected chi connectivity index (χ2v) is 12.7. The summed E-state index contributed by atoms with van der Waals surface area (Å²) in [6, 6.07) is 22.1. The minimum absolute atomic E-state index is 0.0854. The molecule has 41 heavy (non-hydrogen) atoms. The van der Waals surface area contributed by atoms with Crippen molar-refractivity contribution in [2.45, 2.75) is 45.7 Å². The first-order valence-corrected chi connectivity index (χ1v) is 16.1. The number of hydrogen-bond donors (Lipinski definition) is 1. The lowest BCUT2D eigenvalue weighted by Gasteiger charge is -2.33. The van der Waals surface area contributed by atoms with Crippen LogP contribution in [-0.4, -0.2) is 56.3 Å². The van der Waals surface area contributed by atoms with Crippen molar-refractivity contribution in [3.63, 3.8) is 0 Å². The number of ketones is 1. The Hall–Kier alpha value is -3.50. The van der Waals surface area contributed by atoms with Crippen LogP contribution >= 0.6 is 15.9 Å². The number of nitrogens with one attached hydrogen (secondary N) is 1. The maximum absolute atomic E-state index is 14.1. The minimum Gasteiger partial charge on any atom is -0.354 e. The fraction of sp³-hybridized carbons (Fsp3) is 0.323. The molecule has 0 bridgehead atoms. The van der Waals surface area contributed by atoms with Crippen molar-refractivity contribution in [2.24, 2.45) is 0 Å². The zero-order chi connectivity index (χ0) is 30.0. The molecule has 1 N–H and O–H groups in total. The zero-order valence-electron chi connectivity index (χ0n) is 23.5. The number of carbonyl (C=O) groups excluding carboxylic acids is 3. The van der Waals surface area contributed by atoms with Crippen LogP contribution in [0.25, 0.3) is 0 Å². The fourth-order valence-electron chi connectivity index (χ4n) is 4.39. The van der Waals surface area contributed by atoms with Gasteiger partial charge in [-0.2, -0.15) is 0 Å². The lowest BCUT2D eigenvalue weighted by atomic mass is 10.0. The third-order valence-electron chi connectivity index (χ3n) is 6.56. The molecule has 3 rings (SSSR count). The zero-order valence-corrected chi connectivity index (χ0v) is 25.9. The number of anilines is 1. The van der Waals surface area contributed by atoms with Crippen LogP contribution in [-0.2, 0) is 32.6 Å². The molecule has 3 aromatic carbocycles. The molecule has 0 saturated heterocycles. The Morgan fingerprint density at radius 3 is 2.24 bits per heavy atom. The smallest absolute Gasteiger partial charge is 0.244 e. The maximum Gasteiger partial charge on any atom is 0.244 e. The van der Waals surface area contributed by atoms with Gasteiger partial charge in [-0.25, -0.2) is 8.42 Å². The Bertz CT molecular complexity index is 1460. The number of halogens is 1. The fourth-order valence-corrected chi connectivity index (χ4v) is 5.67. The number of hydrogen-bond acceptors (Lipinski definition) is 5. The molecule has 3 aromatic rings. The summed E-state index contributed by atoms with van der Waals surface area (Å²) in [5.41, 5.74) is 2.16. The number of amides is 2. The minimum atomic E-state index is -3.92. The number of unbranched alkanes of at least 4 members (excludes halogenated alkanes) is 1. The number of benzene rings is 3. The van der Waals surface area contributed by atoms with Crippen LogP contribution in [0, 0.1) is 0 Å². The Kier molecular flexibility index (Phi) is 11.7. The highest BCUT2D eigenvalue weighted by Crippen LogP contribution is 2.22. The molecule has 0 aromatic heterocycles. The van der Waals surface area contributed by atoms with Gasteiger partial charge in [-0.15, -0.1) is 0 Å². The van der Waals surface area contributed by atoms with Crippen LogP contribution in [0.3, 0.4) is 0 Å². The number of rotatable bonds is 14. The van der Waals surface area contributed by atoms with Crippen molar-refractivity contribution in [3.05, 3.63) is 100 Å². The molecule has 0 aliphatic carbocycles. The average Bonchev–Trinajstić information content (AvgIpc) is 2.93. The lowest BCUT2D eigenvalue weighted by Crippen LogP contribution is -2.53. The molecule has 8 nitrogen and oxygen atoms in total. The standard InChI is InChI=1S/C31H36BrN3O5S/c1-4-5-17-33-31(38)29(19-24-11-7-6-8-12-24)34(21-25-13-9-15-27(32)18-25)30(37)22-35(41(3,39)40)28-16-10-14-26(20-28)23(2)36/h6-16,18,20,29H,4-5,17,19,21-22H2,1-3H3,(H,33,38). The average molecular weight is 643 g/mol. The van der Waals surface area contributed by atoms with Gasteiger partial charge in [-0.1, -0.05) is 83.9 Å². The summed E-state index contributed by atoms with van der Waals surface area (Å²) in [5.74, 6) is -1.08. The number of carbonyl (C=O) groups is 3. The van der Waals surface area contributed by atoms with Crippen molar-refractivity contribution in [3.8, 4) is 0 Å². The summed E-state index contributed by atoms with van der Waals surface area (Å²) >= 11 is 3.47. The van der Waals surface area contributed by atoms with Crippen molar-refractivity contribution in [1.29, 1.82) is 0 Å². The van der Waals surface area contributed by atoms with Crippen molar-refractivity contribution in [1.82, 2.24) is 10.2 Å². The van der Waals surface area contributed by atoms with Gasteiger partial charge in [0.15, 0.2) is 5.78 Å². The van der Waals surface area contributed by atoms with E-state index >= 15 is 0 Å². The molecule has 0 radical (unpaired) electrons. The first-order chi connectivity index (χ1) is 19.5. The van der Waals surface area contributed by atoms with E-state index in [0.717, 1.165) is 39.0 Å². The molecular weight excluding hydrogens is 606 g/mol. The van der Waals surface area contributed by atoms with E-state index in [9.17, 15) is 22.8 Å². The van der Waals surface area contributed by atoms with E-state index in [2.05, 4.69) is 21.2 Å². The Balaban J connectivity index is 2.05. The van der Waals surface area contributed by atoms with Crippen molar-refractivity contribution in [2.75, 3.05) is 23.7 Å². The largest absolute Gasteiger partial charge is 0.354 e. The quantitative estimate of drug-likeness (QED) is 0.198. The molecular formula is C31H36BrN3O5S. The van der Waals surface area contributed by atoms with Gasteiger partial charge < -0.3 is 10.2 Å². The monoisotopic (exact) mass is 641 g/mol. The van der Waals surface area contributed by atoms with E-state index in [1.54, 1.807) is 18.2 Å². The number of nitrogens with zero attached hydrogens (tertiary/aromatic N) is 2. The molecule has 10 heteroatoms. The first-order valence-electron chi connectivity index (χ1n) is 13.4. The summed E-state index contributed by atoms with van der Waals surface area (Å²) in [4.78, 5) is 41.2. The topological polar surface area (TPSA) is 104 Å². The predicted octanol–water partition coefficient (Wildman–Crippen LogP) is 4.97. The molecule has 0 heterocycles. The summed E-state index contributed by atoms with van der Waals surface area (Å²) in [6.45, 7) is 3.42. The highest BCUT2D eigenvalue weighted by atomic mass is 79.9. The second-order valence-electron chi connectivity index (χ2n) is 9.88. The molecule has 0 fully saturated rings. The van der Waals surface area contributed by atoms with E-state index in [1.165, 1.54) is 17.9 Å². The molecule has 0 saturated carbocycles. The van der Waals surface area contributed by atoms with Gasteiger partial charge in [0.2, 0.25) is 21.8 Å². The van der Waals surface area contributed by atoms with Gasteiger partial charge >= 0.3 is 0 Å². The van der Waals surface area contributed by atoms with Gasteiger partial charge in [0.25, 0.3) is 0 Å². The van der Waals surface area contributed by atoms with Crippen LogP contribution in [0.2, 0.25) is 0 Å². The third-order valence-corrected chi connectivity index (χ3v) is 8.20. The summed E-state index contributed by atoms with van der Waals surface area (Å²) in [6.07, 6.45) is 2.94. The van der Waals surface area contributed by atoms with Gasteiger partial charge in [-0.05, 0) is 48.7 Å². The van der Waals surface area contributed by atoms with E-state index < -0.39 is 28.5 Å². The Morgan fingerprint density at radius 2 is 1.61 bits per heavy atom. The van der Waals surface area contributed by atoms with Gasteiger partial charge in [0.1, 0.15) is 12.6 Å². The molecule has 0 aliphatic rings. The van der Waals surface area contributed by atoms with E-state index in [0.29, 0.717) is 12.1 Å². The van der Waals surface area contributed by atoms with E-state index in [4.69, 9.17) is 0 Å². The molecule has 218 valence electrons. The Morgan fingerprint density at radius 1 is 0.927 bits per heavy atom. The molecule has 1 unspecified atom stereocenters. The van der Waals surface area contributed by atoms with Crippen LogP contribution in [0.1, 0.15) is 48.2 Å². The van der Waals surface area contributed by atoms with Gasteiger partial charge in [0.05, 0.1) is 11.9 Å². The number of sulfonamides is 1. The summed E-state index contributed by atoms with van der Waals surface area (Å²) in [7, 11) is -3.92. The van der Waals surface area contributed by atoms with Crippen LogP contribution in [0.4, 0.5) is 5.69 Å². The molecule has 1 atom stereocenters. The van der Waals surface area contributed by atoms with Crippen molar-refractivity contribution < 1.29 is 22.8 Å². The van der Waals surface area contributed by atoms with Crippen LogP contribution < -0.4 is 9.62 Å².